The second-order valence-electron chi connectivity index (χ2n) is 5.00. The van der Waals surface area contributed by atoms with Gasteiger partial charge in [-0.15, -0.1) is 0 Å². The summed E-state index contributed by atoms with van der Waals surface area (Å²) < 4.78 is 0. The number of rotatable bonds is 6. The lowest BCUT2D eigenvalue weighted by Gasteiger charge is -2.25. The van der Waals surface area contributed by atoms with Crippen LogP contribution in [-0.4, -0.2) is 11.7 Å². The van der Waals surface area contributed by atoms with E-state index >= 15 is 0 Å². The second kappa shape index (κ2) is 6.85. The zero-order valence-corrected chi connectivity index (χ0v) is 11.9. The average Bonchev–Trinajstić information content (AvgIpc) is 2.48. The van der Waals surface area contributed by atoms with E-state index in [0.717, 1.165) is 25.1 Å². The number of hydrogen-bond donors (Lipinski definition) is 2. The Kier molecular flexibility index (Phi) is 4.88. The summed E-state index contributed by atoms with van der Waals surface area (Å²) in [5, 5.41) is 9.50. The van der Waals surface area contributed by atoms with E-state index in [1.807, 2.05) is 18.2 Å². The Bertz CT molecular complexity index is 540. The van der Waals surface area contributed by atoms with Crippen molar-refractivity contribution in [2.75, 3.05) is 17.2 Å². The van der Waals surface area contributed by atoms with Crippen LogP contribution in [0.5, 0.6) is 5.75 Å². The lowest BCUT2D eigenvalue weighted by Crippen LogP contribution is -2.23. The third kappa shape index (κ3) is 3.67. The lowest BCUT2D eigenvalue weighted by molar-refractivity contribution is 0.477. The third-order valence-corrected chi connectivity index (χ3v) is 3.37. The SMILES string of the molecule is CCCCN(Cc1ccc(O)c(N)c1)c1ccccc1. The Morgan fingerprint density at radius 2 is 1.85 bits per heavy atom. The molecule has 0 spiro atoms. The quantitative estimate of drug-likeness (QED) is 0.620. The predicted octanol–water partition coefficient (Wildman–Crippen LogP) is 3.78. The van der Waals surface area contributed by atoms with E-state index in [0.29, 0.717) is 5.69 Å². The number of phenols is 1. The van der Waals surface area contributed by atoms with Crippen molar-refractivity contribution in [2.24, 2.45) is 0 Å². The average molecular weight is 270 g/mol. The van der Waals surface area contributed by atoms with Crippen LogP contribution in [0.2, 0.25) is 0 Å². The Labute approximate surface area is 120 Å². The second-order valence-corrected chi connectivity index (χ2v) is 5.00. The minimum Gasteiger partial charge on any atom is -0.506 e. The molecule has 106 valence electrons. The fourth-order valence-electron chi connectivity index (χ4n) is 2.21. The molecule has 0 bridgehead atoms. The van der Waals surface area contributed by atoms with E-state index in [-0.39, 0.29) is 5.75 Å². The van der Waals surface area contributed by atoms with Gasteiger partial charge in [0.2, 0.25) is 0 Å². The van der Waals surface area contributed by atoms with Gasteiger partial charge in [-0.3, -0.25) is 0 Å². The zero-order chi connectivity index (χ0) is 14.4. The van der Waals surface area contributed by atoms with Gasteiger partial charge in [-0.2, -0.15) is 0 Å². The summed E-state index contributed by atoms with van der Waals surface area (Å²) in [6.45, 7) is 4.01. The molecule has 2 rings (SSSR count). The van der Waals surface area contributed by atoms with Gasteiger partial charge in [0, 0.05) is 18.8 Å². The first kappa shape index (κ1) is 14.3. The molecule has 0 aromatic heterocycles. The van der Waals surface area contributed by atoms with Gasteiger partial charge >= 0.3 is 0 Å². The molecule has 0 aliphatic carbocycles. The molecule has 0 heterocycles. The van der Waals surface area contributed by atoms with Gasteiger partial charge in [-0.25, -0.2) is 0 Å². The van der Waals surface area contributed by atoms with Gasteiger partial charge in [0.1, 0.15) is 5.75 Å². The van der Waals surface area contributed by atoms with Crippen molar-refractivity contribution >= 4 is 11.4 Å². The first-order valence-corrected chi connectivity index (χ1v) is 7.08. The van der Waals surface area contributed by atoms with Crippen LogP contribution in [0.1, 0.15) is 25.3 Å². The lowest BCUT2D eigenvalue weighted by atomic mass is 10.1. The van der Waals surface area contributed by atoms with Crippen LogP contribution >= 0.6 is 0 Å². The Balaban J connectivity index is 2.17. The molecule has 0 aliphatic heterocycles. The number of phenolic OH excluding ortho intramolecular Hbond substituents is 1. The number of anilines is 2. The first-order chi connectivity index (χ1) is 9.70. The summed E-state index contributed by atoms with van der Waals surface area (Å²) in [7, 11) is 0. The molecule has 2 aromatic rings. The molecule has 0 fully saturated rings. The van der Waals surface area contributed by atoms with Gasteiger partial charge < -0.3 is 15.7 Å². The topological polar surface area (TPSA) is 49.5 Å². The number of unbranched alkanes of at least 4 members (excludes halogenated alkanes) is 1. The smallest absolute Gasteiger partial charge is 0.138 e. The van der Waals surface area contributed by atoms with E-state index in [1.54, 1.807) is 6.07 Å². The maximum atomic E-state index is 9.50. The fourth-order valence-corrected chi connectivity index (χ4v) is 2.21. The number of benzene rings is 2. The van der Waals surface area contributed by atoms with E-state index in [2.05, 4.69) is 36.1 Å². The third-order valence-electron chi connectivity index (χ3n) is 3.37. The van der Waals surface area contributed by atoms with Crippen LogP contribution in [0.4, 0.5) is 11.4 Å². The van der Waals surface area contributed by atoms with Crippen LogP contribution in [0.15, 0.2) is 48.5 Å². The monoisotopic (exact) mass is 270 g/mol. The van der Waals surface area contributed by atoms with Gasteiger partial charge in [-0.1, -0.05) is 37.6 Å². The highest BCUT2D eigenvalue weighted by Crippen LogP contribution is 2.23. The zero-order valence-electron chi connectivity index (χ0n) is 11.9. The van der Waals surface area contributed by atoms with Crippen LogP contribution < -0.4 is 10.6 Å². The van der Waals surface area contributed by atoms with Crippen molar-refractivity contribution < 1.29 is 5.11 Å². The summed E-state index contributed by atoms with van der Waals surface area (Å²) in [6, 6.07) is 15.8. The number of nitrogens with two attached hydrogens (primary N) is 1. The van der Waals surface area contributed by atoms with E-state index in [4.69, 9.17) is 5.73 Å². The van der Waals surface area contributed by atoms with Gasteiger partial charge in [0.15, 0.2) is 0 Å². The summed E-state index contributed by atoms with van der Waals surface area (Å²) in [4.78, 5) is 2.34. The van der Waals surface area contributed by atoms with Crippen LogP contribution in [0, 0.1) is 0 Å². The highest BCUT2D eigenvalue weighted by atomic mass is 16.3. The molecule has 2 aromatic carbocycles. The molecule has 3 heteroatoms. The molecule has 20 heavy (non-hydrogen) atoms. The maximum absolute atomic E-state index is 9.50. The van der Waals surface area contributed by atoms with Crippen LogP contribution in [0.25, 0.3) is 0 Å². The van der Waals surface area contributed by atoms with Gasteiger partial charge in [-0.05, 0) is 36.2 Å². The number of hydrogen-bond acceptors (Lipinski definition) is 3. The van der Waals surface area contributed by atoms with Crippen molar-refractivity contribution in [1.29, 1.82) is 0 Å². The molecular formula is C17H22N2O. The minimum absolute atomic E-state index is 0.147. The number of nitrogen functional groups attached to an aromatic ring is 1. The Hall–Kier alpha value is -2.16. The van der Waals surface area contributed by atoms with Gasteiger partial charge in [0.25, 0.3) is 0 Å². The van der Waals surface area contributed by atoms with Crippen LogP contribution in [-0.2, 0) is 6.54 Å². The largest absolute Gasteiger partial charge is 0.506 e. The highest BCUT2D eigenvalue weighted by Gasteiger charge is 2.08. The number of para-hydroxylation sites is 1. The summed E-state index contributed by atoms with van der Waals surface area (Å²) >= 11 is 0. The Morgan fingerprint density at radius 1 is 1.10 bits per heavy atom. The standard InChI is InChI=1S/C17H22N2O/c1-2-3-11-19(15-7-5-4-6-8-15)13-14-9-10-17(20)16(18)12-14/h4-10,12,20H,2-3,11,13,18H2,1H3. The van der Waals surface area contributed by atoms with Crippen LogP contribution in [0.3, 0.4) is 0 Å². The number of nitrogens with zero attached hydrogens (tertiary/aromatic N) is 1. The molecule has 3 nitrogen and oxygen atoms in total. The van der Waals surface area contributed by atoms with E-state index in [1.165, 1.54) is 12.1 Å². The van der Waals surface area contributed by atoms with Crippen molar-refractivity contribution in [3.63, 3.8) is 0 Å². The van der Waals surface area contributed by atoms with Crippen molar-refractivity contribution in [2.45, 2.75) is 26.3 Å². The summed E-state index contributed by atoms with van der Waals surface area (Å²) in [5.74, 6) is 0.147. The molecule has 3 N–H and O–H groups in total. The molecule has 0 radical (unpaired) electrons. The fraction of sp³-hybridized carbons (Fsp3) is 0.294. The first-order valence-electron chi connectivity index (χ1n) is 7.08. The van der Waals surface area contributed by atoms with Gasteiger partial charge in [0.05, 0.1) is 5.69 Å². The van der Waals surface area contributed by atoms with E-state index in [9.17, 15) is 5.11 Å². The molecule has 0 amide bonds. The summed E-state index contributed by atoms with van der Waals surface area (Å²) in [5.41, 5.74) is 8.53. The number of aromatic hydroxyl groups is 1. The minimum atomic E-state index is 0.147. The Morgan fingerprint density at radius 3 is 2.50 bits per heavy atom. The molecular weight excluding hydrogens is 248 g/mol. The maximum Gasteiger partial charge on any atom is 0.138 e. The predicted molar refractivity (Wildman–Crippen MR) is 84.9 cm³/mol. The highest BCUT2D eigenvalue weighted by molar-refractivity contribution is 5.54. The van der Waals surface area contributed by atoms with Crippen molar-refractivity contribution in [3.05, 3.63) is 54.1 Å². The molecule has 0 aliphatic rings. The van der Waals surface area contributed by atoms with Crippen molar-refractivity contribution in [1.82, 2.24) is 0 Å². The normalized spacial score (nSPS) is 10.4. The molecule has 0 unspecified atom stereocenters. The van der Waals surface area contributed by atoms with E-state index < -0.39 is 0 Å². The summed E-state index contributed by atoms with van der Waals surface area (Å²) in [6.07, 6.45) is 2.32. The molecule has 0 saturated heterocycles. The molecule has 0 atom stereocenters. The van der Waals surface area contributed by atoms with Crippen molar-refractivity contribution in [3.8, 4) is 5.75 Å². The molecule has 0 saturated carbocycles.